The molecule has 3 aliphatic heterocycles. The molecule has 0 aliphatic carbocycles. The average molecular weight is 353 g/mol. The minimum Gasteiger partial charge on any atom is -0.332 e. The van der Waals surface area contributed by atoms with Crippen molar-refractivity contribution in [1.82, 2.24) is 24.4 Å². The summed E-state index contributed by atoms with van der Waals surface area (Å²) in [4.78, 5) is 22.4. The summed E-state index contributed by atoms with van der Waals surface area (Å²) in [5.74, 6) is 0.332. The molecule has 0 aromatic carbocycles. The summed E-state index contributed by atoms with van der Waals surface area (Å²) >= 11 is 0. The van der Waals surface area contributed by atoms with Crippen LogP contribution in [-0.4, -0.2) is 56.0 Å². The maximum atomic E-state index is 13.2. The zero-order chi connectivity index (χ0) is 17.8. The predicted molar refractivity (Wildman–Crippen MR) is 98.9 cm³/mol. The second-order valence-corrected chi connectivity index (χ2v) is 8.30. The van der Waals surface area contributed by atoms with Crippen LogP contribution in [0.5, 0.6) is 0 Å². The largest absolute Gasteiger partial charge is 0.332 e. The van der Waals surface area contributed by atoms with Gasteiger partial charge in [0.1, 0.15) is 0 Å². The van der Waals surface area contributed by atoms with Crippen LogP contribution in [-0.2, 0) is 11.2 Å². The van der Waals surface area contributed by atoms with Gasteiger partial charge in [-0.3, -0.25) is 4.79 Å². The maximum Gasteiger partial charge on any atom is 0.224 e. The normalized spacial score (nSPS) is 28.5. The Bertz CT molecular complexity index is 859. The Hall–Kier alpha value is -1.95. The number of rotatable bonds is 2. The van der Waals surface area contributed by atoms with Crippen LogP contribution in [0, 0.1) is 6.92 Å². The number of nitrogens with zero attached hydrogens (tertiary/aromatic N) is 5. The lowest BCUT2D eigenvalue weighted by Gasteiger charge is -2.39. The number of carbonyl (C=O) groups excluding carboxylic acids is 1. The Morgan fingerprint density at radius 2 is 2.15 bits per heavy atom. The van der Waals surface area contributed by atoms with Crippen molar-refractivity contribution in [2.45, 2.75) is 70.0 Å². The quantitative estimate of drug-likeness (QED) is 0.832. The first-order valence-electron chi connectivity index (χ1n) is 9.97. The number of aryl methyl sites for hydroxylation is 1. The Morgan fingerprint density at radius 3 is 3.00 bits per heavy atom. The summed E-state index contributed by atoms with van der Waals surface area (Å²) in [6, 6.07) is 2.94. The van der Waals surface area contributed by atoms with E-state index in [4.69, 9.17) is 0 Å². The van der Waals surface area contributed by atoms with Crippen molar-refractivity contribution in [3.05, 3.63) is 29.2 Å². The smallest absolute Gasteiger partial charge is 0.224 e. The highest BCUT2D eigenvalue weighted by Gasteiger charge is 2.44. The molecule has 2 aromatic heterocycles. The molecule has 5 rings (SSSR count). The van der Waals surface area contributed by atoms with E-state index in [-0.39, 0.29) is 6.04 Å². The van der Waals surface area contributed by atoms with Crippen molar-refractivity contribution < 1.29 is 4.79 Å². The van der Waals surface area contributed by atoms with Crippen molar-refractivity contribution in [2.75, 3.05) is 13.6 Å². The van der Waals surface area contributed by atoms with Crippen molar-refractivity contribution in [1.29, 1.82) is 0 Å². The lowest BCUT2D eigenvalue weighted by molar-refractivity contribution is -0.136. The Kier molecular flexibility index (Phi) is 3.78. The lowest BCUT2D eigenvalue weighted by atomic mass is 9.96. The van der Waals surface area contributed by atoms with E-state index in [0.29, 0.717) is 24.4 Å². The number of hydrogen-bond donors (Lipinski definition) is 0. The topological polar surface area (TPSA) is 53.7 Å². The van der Waals surface area contributed by atoms with Gasteiger partial charge in [0.2, 0.25) is 5.91 Å². The highest BCUT2D eigenvalue weighted by molar-refractivity contribution is 5.78. The molecule has 2 aromatic rings. The third-order valence-corrected chi connectivity index (χ3v) is 6.65. The molecule has 2 bridgehead atoms. The Balaban J connectivity index is 1.44. The first-order chi connectivity index (χ1) is 12.6. The van der Waals surface area contributed by atoms with Crippen molar-refractivity contribution in [3.8, 4) is 0 Å². The van der Waals surface area contributed by atoms with Gasteiger partial charge in [-0.1, -0.05) is 6.42 Å². The molecule has 0 radical (unpaired) electrons. The van der Waals surface area contributed by atoms with Gasteiger partial charge in [0.05, 0.1) is 17.4 Å². The molecular formula is C20H27N5O. The molecule has 6 nitrogen and oxygen atoms in total. The van der Waals surface area contributed by atoms with Gasteiger partial charge >= 0.3 is 0 Å². The van der Waals surface area contributed by atoms with E-state index in [1.54, 1.807) is 0 Å². The molecule has 0 spiro atoms. The van der Waals surface area contributed by atoms with Crippen LogP contribution >= 0.6 is 0 Å². The molecule has 0 N–H and O–H groups in total. The third-order valence-electron chi connectivity index (χ3n) is 6.65. The van der Waals surface area contributed by atoms with Gasteiger partial charge in [-0.25, -0.2) is 9.50 Å². The standard InChI is InChI=1S/C20H27N5O/c1-13-9-19-21-12-16-17-7-6-15(10-18(16)25(19)22-13)24(17)20(26)11-14-5-3-4-8-23(14)2/h9,12,14-15,17H,3-8,10-11H2,1-2H3/t14-,15-,17-/m0/s1. The Labute approximate surface area is 154 Å². The number of aromatic nitrogens is 3. The molecular weight excluding hydrogens is 326 g/mol. The van der Waals surface area contributed by atoms with Crippen LogP contribution in [0.25, 0.3) is 5.65 Å². The fraction of sp³-hybridized carbons (Fsp3) is 0.650. The summed E-state index contributed by atoms with van der Waals surface area (Å²) in [5, 5.41) is 4.64. The number of fused-ring (bicyclic) bond motifs is 6. The molecule has 3 aliphatic rings. The summed E-state index contributed by atoms with van der Waals surface area (Å²) in [6.45, 7) is 3.13. The summed E-state index contributed by atoms with van der Waals surface area (Å²) < 4.78 is 2.01. The highest BCUT2D eigenvalue weighted by atomic mass is 16.2. The SMILES string of the molecule is Cc1cc2ncc3c(n2n1)C[C@@H]1CC[C@@H]3N1C(=O)C[C@@H]1CCCCN1C. The molecule has 0 saturated carbocycles. The van der Waals surface area contributed by atoms with E-state index in [9.17, 15) is 4.79 Å². The molecule has 3 atom stereocenters. The van der Waals surface area contributed by atoms with Gasteiger partial charge in [-0.2, -0.15) is 5.10 Å². The maximum absolute atomic E-state index is 13.2. The monoisotopic (exact) mass is 353 g/mol. The van der Waals surface area contributed by atoms with Crippen molar-refractivity contribution in [2.24, 2.45) is 0 Å². The fourth-order valence-corrected chi connectivity index (χ4v) is 5.29. The minimum absolute atomic E-state index is 0.187. The molecule has 0 unspecified atom stereocenters. The van der Waals surface area contributed by atoms with E-state index in [2.05, 4.69) is 26.9 Å². The lowest BCUT2D eigenvalue weighted by Crippen LogP contribution is -2.46. The second-order valence-electron chi connectivity index (χ2n) is 8.30. The van der Waals surface area contributed by atoms with Gasteiger partial charge < -0.3 is 9.80 Å². The van der Waals surface area contributed by atoms with Crippen LogP contribution < -0.4 is 0 Å². The average Bonchev–Trinajstić information content (AvgIpc) is 3.16. The Morgan fingerprint density at radius 1 is 1.27 bits per heavy atom. The number of likely N-dealkylation sites (tertiary alicyclic amines) is 1. The molecule has 26 heavy (non-hydrogen) atoms. The molecule has 2 saturated heterocycles. The highest BCUT2D eigenvalue weighted by Crippen LogP contribution is 2.44. The van der Waals surface area contributed by atoms with Crippen LogP contribution in [0.4, 0.5) is 0 Å². The number of piperidine rings is 1. The van der Waals surface area contributed by atoms with E-state index >= 15 is 0 Å². The molecule has 138 valence electrons. The van der Waals surface area contributed by atoms with Crippen molar-refractivity contribution >= 4 is 11.6 Å². The van der Waals surface area contributed by atoms with E-state index in [1.807, 2.05) is 23.7 Å². The van der Waals surface area contributed by atoms with Crippen molar-refractivity contribution in [3.63, 3.8) is 0 Å². The summed E-state index contributed by atoms with van der Waals surface area (Å²) in [7, 11) is 2.16. The summed E-state index contributed by atoms with van der Waals surface area (Å²) in [6.07, 6.45) is 9.35. The van der Waals surface area contributed by atoms with Gasteiger partial charge in [0.25, 0.3) is 0 Å². The van der Waals surface area contributed by atoms with E-state index < -0.39 is 0 Å². The van der Waals surface area contributed by atoms with Gasteiger partial charge in [-0.05, 0) is 46.2 Å². The molecule has 2 fully saturated rings. The minimum atomic E-state index is 0.187. The van der Waals surface area contributed by atoms with E-state index in [0.717, 1.165) is 43.6 Å². The number of hydrogen-bond acceptors (Lipinski definition) is 4. The van der Waals surface area contributed by atoms with Gasteiger partial charge in [0.15, 0.2) is 5.65 Å². The first-order valence-corrected chi connectivity index (χ1v) is 9.97. The first kappa shape index (κ1) is 16.2. The molecule has 1 amide bonds. The number of carbonyl (C=O) groups is 1. The third kappa shape index (κ3) is 2.46. The van der Waals surface area contributed by atoms with Crippen LogP contribution in [0.3, 0.4) is 0 Å². The van der Waals surface area contributed by atoms with Crippen LogP contribution in [0.15, 0.2) is 12.3 Å². The van der Waals surface area contributed by atoms with Crippen LogP contribution in [0.1, 0.15) is 61.5 Å². The van der Waals surface area contributed by atoms with Gasteiger partial charge in [-0.15, -0.1) is 0 Å². The fourth-order valence-electron chi connectivity index (χ4n) is 5.29. The van der Waals surface area contributed by atoms with Crippen LogP contribution in [0.2, 0.25) is 0 Å². The zero-order valence-electron chi connectivity index (χ0n) is 15.7. The zero-order valence-corrected chi connectivity index (χ0v) is 15.7. The molecule has 6 heteroatoms. The van der Waals surface area contributed by atoms with E-state index in [1.165, 1.54) is 24.1 Å². The molecule has 5 heterocycles. The second kappa shape index (κ2) is 6.05. The summed E-state index contributed by atoms with van der Waals surface area (Å²) in [5.41, 5.74) is 4.38. The number of amides is 1. The van der Waals surface area contributed by atoms with Gasteiger partial charge in [0, 0.05) is 42.8 Å². The predicted octanol–water partition coefficient (Wildman–Crippen LogP) is 2.50.